The summed E-state index contributed by atoms with van der Waals surface area (Å²) in [6, 6.07) is 4.09. The molecule has 1 atom stereocenters. The monoisotopic (exact) mass is 295 g/mol. The van der Waals surface area contributed by atoms with Gasteiger partial charge in [0.1, 0.15) is 5.82 Å². The van der Waals surface area contributed by atoms with E-state index in [1.807, 2.05) is 0 Å². The number of benzene rings is 1. The Morgan fingerprint density at radius 3 is 2.86 bits per heavy atom. The van der Waals surface area contributed by atoms with Gasteiger partial charge in [0.05, 0.1) is 18.2 Å². The van der Waals surface area contributed by atoms with Crippen LogP contribution in [0, 0.1) is 5.82 Å². The molecule has 2 rings (SSSR count). The minimum absolute atomic E-state index is 0.127. The van der Waals surface area contributed by atoms with Crippen LogP contribution in [0.25, 0.3) is 0 Å². The summed E-state index contributed by atoms with van der Waals surface area (Å²) in [6.07, 6.45) is 1.65. The molecule has 0 spiro atoms. The van der Waals surface area contributed by atoms with E-state index in [1.165, 1.54) is 25.3 Å². The van der Waals surface area contributed by atoms with E-state index >= 15 is 0 Å². The van der Waals surface area contributed by atoms with Gasteiger partial charge in [0, 0.05) is 24.8 Å². The highest BCUT2D eigenvalue weighted by molar-refractivity contribution is 5.94. The number of hydrogen-bond donors (Lipinski definition) is 1. The molecule has 1 amide bonds. The van der Waals surface area contributed by atoms with E-state index in [0.29, 0.717) is 17.7 Å². The van der Waals surface area contributed by atoms with Crippen molar-refractivity contribution in [2.24, 2.45) is 0 Å². The Morgan fingerprint density at radius 2 is 2.24 bits per heavy atom. The van der Waals surface area contributed by atoms with Gasteiger partial charge in [-0.05, 0) is 44.9 Å². The van der Waals surface area contributed by atoms with Crippen LogP contribution in [0.2, 0.25) is 0 Å². The molecule has 1 unspecified atom stereocenters. The number of nitrogens with zero attached hydrogens (tertiary/aromatic N) is 1. The second-order valence-corrected chi connectivity index (χ2v) is 6.05. The number of amides is 1. The number of hydrogen-bond acceptors (Lipinski definition) is 3. The fraction of sp³-hybridized carbons (Fsp3) is 0.562. The zero-order valence-electron chi connectivity index (χ0n) is 12.7. The Morgan fingerprint density at radius 1 is 1.52 bits per heavy atom. The molecule has 0 bridgehead atoms. The molecule has 0 aliphatic carbocycles. The van der Waals surface area contributed by atoms with Crippen molar-refractivity contribution >= 4 is 5.91 Å². The fourth-order valence-corrected chi connectivity index (χ4v) is 2.88. The molecule has 1 heterocycles. The third-order valence-corrected chi connectivity index (χ3v) is 3.92. The number of rotatable bonds is 4. The van der Waals surface area contributed by atoms with Gasteiger partial charge in [0.2, 0.25) is 0 Å². The third kappa shape index (κ3) is 3.41. The maximum absolute atomic E-state index is 13.6. The van der Waals surface area contributed by atoms with Gasteiger partial charge in [-0.25, -0.2) is 4.39 Å². The van der Waals surface area contributed by atoms with Gasteiger partial charge >= 0.3 is 0 Å². The van der Waals surface area contributed by atoms with Crippen LogP contribution in [0.1, 0.15) is 42.6 Å². The van der Waals surface area contributed by atoms with Crippen LogP contribution < -0.4 is 0 Å². The fourth-order valence-electron chi connectivity index (χ4n) is 2.88. The Hall–Kier alpha value is -1.46. The first-order chi connectivity index (χ1) is 9.84. The van der Waals surface area contributed by atoms with Crippen molar-refractivity contribution in [3.05, 3.63) is 35.1 Å². The highest BCUT2D eigenvalue weighted by Gasteiger charge is 2.38. The van der Waals surface area contributed by atoms with E-state index in [1.54, 1.807) is 18.7 Å². The topological polar surface area (TPSA) is 49.8 Å². The molecular formula is C16H22FNO3. The van der Waals surface area contributed by atoms with Crippen LogP contribution in [0.15, 0.2) is 18.2 Å². The van der Waals surface area contributed by atoms with Crippen LogP contribution in [-0.4, -0.2) is 41.2 Å². The van der Waals surface area contributed by atoms with Crippen molar-refractivity contribution in [3.8, 4) is 0 Å². The van der Waals surface area contributed by atoms with E-state index in [4.69, 9.17) is 4.74 Å². The minimum atomic E-state index is -0.943. The summed E-state index contributed by atoms with van der Waals surface area (Å²) in [5.74, 6) is -0.550. The van der Waals surface area contributed by atoms with Gasteiger partial charge < -0.3 is 14.7 Å². The van der Waals surface area contributed by atoms with Gasteiger partial charge in [-0.15, -0.1) is 0 Å². The number of halogens is 1. The molecule has 4 nitrogen and oxygen atoms in total. The summed E-state index contributed by atoms with van der Waals surface area (Å²) in [4.78, 5) is 14.3. The van der Waals surface area contributed by atoms with Crippen molar-refractivity contribution in [2.45, 2.75) is 44.9 Å². The van der Waals surface area contributed by atoms with Crippen molar-refractivity contribution < 1.29 is 19.0 Å². The summed E-state index contributed by atoms with van der Waals surface area (Å²) in [7, 11) is 1.48. The standard InChI is InChI=1S/C16H22FNO3/c1-16(2,20)14-5-4-8-18(14)15(19)11-6-7-13(17)12(9-11)10-21-3/h6-7,9,14,20H,4-5,8,10H2,1-3H3. The van der Waals surface area contributed by atoms with Gasteiger partial charge in [-0.1, -0.05) is 0 Å². The van der Waals surface area contributed by atoms with Crippen molar-refractivity contribution in [3.63, 3.8) is 0 Å². The summed E-state index contributed by atoms with van der Waals surface area (Å²) in [5, 5.41) is 10.2. The molecule has 1 aromatic rings. The zero-order chi connectivity index (χ0) is 15.6. The predicted octanol–water partition coefficient (Wildman–Crippen LogP) is 2.35. The van der Waals surface area contributed by atoms with E-state index in [0.717, 1.165) is 12.8 Å². The zero-order valence-corrected chi connectivity index (χ0v) is 12.7. The number of carbonyl (C=O) groups excluding carboxylic acids is 1. The average molecular weight is 295 g/mol. The summed E-state index contributed by atoms with van der Waals surface area (Å²) in [6.45, 7) is 4.17. The summed E-state index contributed by atoms with van der Waals surface area (Å²) in [5.41, 5.74) is -0.149. The lowest BCUT2D eigenvalue weighted by Crippen LogP contribution is -2.48. The Labute approximate surface area is 124 Å². The van der Waals surface area contributed by atoms with Crippen LogP contribution in [0.4, 0.5) is 4.39 Å². The Bertz CT molecular complexity index is 525. The average Bonchev–Trinajstić information content (AvgIpc) is 2.90. The van der Waals surface area contributed by atoms with E-state index in [-0.39, 0.29) is 24.4 Å². The predicted molar refractivity (Wildman–Crippen MR) is 77.5 cm³/mol. The molecule has 1 aliphatic heterocycles. The number of likely N-dealkylation sites (tertiary alicyclic amines) is 1. The molecule has 0 saturated carbocycles. The van der Waals surface area contributed by atoms with E-state index < -0.39 is 5.60 Å². The first kappa shape index (κ1) is 15.9. The Balaban J connectivity index is 2.25. The van der Waals surface area contributed by atoms with Crippen LogP contribution in [0.5, 0.6) is 0 Å². The first-order valence-electron chi connectivity index (χ1n) is 7.15. The van der Waals surface area contributed by atoms with E-state index in [2.05, 4.69) is 0 Å². The van der Waals surface area contributed by atoms with Crippen molar-refractivity contribution in [2.75, 3.05) is 13.7 Å². The maximum atomic E-state index is 13.6. The SMILES string of the molecule is COCc1cc(C(=O)N2CCCC2C(C)(C)O)ccc1F. The van der Waals surface area contributed by atoms with Gasteiger partial charge in [-0.3, -0.25) is 4.79 Å². The lowest BCUT2D eigenvalue weighted by molar-refractivity contribution is 0.000322. The first-order valence-corrected chi connectivity index (χ1v) is 7.15. The lowest BCUT2D eigenvalue weighted by atomic mass is 9.96. The normalized spacial score (nSPS) is 19.1. The van der Waals surface area contributed by atoms with Gasteiger partial charge in [0.15, 0.2) is 0 Å². The van der Waals surface area contributed by atoms with Crippen LogP contribution in [0.3, 0.4) is 0 Å². The highest BCUT2D eigenvalue weighted by Crippen LogP contribution is 2.28. The number of carbonyl (C=O) groups is 1. The van der Waals surface area contributed by atoms with Crippen LogP contribution >= 0.6 is 0 Å². The number of aliphatic hydroxyl groups is 1. The molecule has 0 radical (unpaired) electrons. The van der Waals surface area contributed by atoms with Crippen molar-refractivity contribution in [1.29, 1.82) is 0 Å². The van der Waals surface area contributed by atoms with E-state index in [9.17, 15) is 14.3 Å². The highest BCUT2D eigenvalue weighted by atomic mass is 19.1. The molecule has 1 aliphatic rings. The molecule has 21 heavy (non-hydrogen) atoms. The second kappa shape index (κ2) is 6.12. The molecule has 1 fully saturated rings. The molecule has 5 heteroatoms. The quantitative estimate of drug-likeness (QED) is 0.927. The molecule has 1 saturated heterocycles. The molecule has 1 aromatic carbocycles. The smallest absolute Gasteiger partial charge is 0.254 e. The largest absolute Gasteiger partial charge is 0.388 e. The van der Waals surface area contributed by atoms with Crippen LogP contribution in [-0.2, 0) is 11.3 Å². The summed E-state index contributed by atoms with van der Waals surface area (Å²) >= 11 is 0. The molecule has 1 N–H and O–H groups in total. The number of ether oxygens (including phenoxy) is 1. The minimum Gasteiger partial charge on any atom is -0.388 e. The van der Waals surface area contributed by atoms with Gasteiger partial charge in [-0.2, -0.15) is 0 Å². The molecule has 0 aromatic heterocycles. The molecular weight excluding hydrogens is 273 g/mol. The maximum Gasteiger partial charge on any atom is 0.254 e. The molecule has 116 valence electrons. The van der Waals surface area contributed by atoms with Crippen molar-refractivity contribution in [1.82, 2.24) is 4.90 Å². The Kier molecular flexibility index (Phi) is 4.64. The third-order valence-electron chi connectivity index (χ3n) is 3.92. The van der Waals surface area contributed by atoms with Gasteiger partial charge in [0.25, 0.3) is 5.91 Å². The number of methoxy groups -OCH3 is 1. The second-order valence-electron chi connectivity index (χ2n) is 6.05. The lowest BCUT2D eigenvalue weighted by Gasteiger charge is -2.34. The summed E-state index contributed by atoms with van der Waals surface area (Å²) < 4.78 is 18.6.